The SMILES string of the molecule is CCC(C)CC(C)NC1CCN(CC(=O)N(C)C)CC1. The van der Waals surface area contributed by atoms with Crippen LogP contribution in [0.4, 0.5) is 0 Å². The lowest BCUT2D eigenvalue weighted by molar-refractivity contribution is -0.130. The zero-order chi connectivity index (χ0) is 15.1. The van der Waals surface area contributed by atoms with Crippen LogP contribution in [0.2, 0.25) is 0 Å². The molecule has 0 radical (unpaired) electrons. The second-order valence-corrected chi connectivity index (χ2v) is 6.66. The van der Waals surface area contributed by atoms with Gasteiger partial charge in [-0.1, -0.05) is 20.3 Å². The molecule has 1 aliphatic heterocycles. The van der Waals surface area contributed by atoms with Crippen molar-refractivity contribution in [3.05, 3.63) is 0 Å². The number of nitrogens with zero attached hydrogens (tertiary/aromatic N) is 2. The normalized spacial score (nSPS) is 20.6. The Balaban J connectivity index is 2.23. The molecular weight excluding hydrogens is 250 g/mol. The first-order valence-electron chi connectivity index (χ1n) is 8.10. The van der Waals surface area contributed by atoms with E-state index >= 15 is 0 Å². The highest BCUT2D eigenvalue weighted by atomic mass is 16.2. The Morgan fingerprint density at radius 1 is 1.30 bits per heavy atom. The van der Waals surface area contributed by atoms with Crippen LogP contribution in [0.25, 0.3) is 0 Å². The lowest BCUT2D eigenvalue weighted by atomic mass is 9.98. The van der Waals surface area contributed by atoms with Gasteiger partial charge in [-0.2, -0.15) is 0 Å². The van der Waals surface area contributed by atoms with E-state index in [-0.39, 0.29) is 5.91 Å². The van der Waals surface area contributed by atoms with Crippen LogP contribution < -0.4 is 5.32 Å². The van der Waals surface area contributed by atoms with Gasteiger partial charge in [-0.05, 0) is 32.1 Å². The Morgan fingerprint density at radius 3 is 2.40 bits per heavy atom. The van der Waals surface area contributed by atoms with Crippen LogP contribution in [0, 0.1) is 5.92 Å². The van der Waals surface area contributed by atoms with Gasteiger partial charge in [0.1, 0.15) is 0 Å². The first-order chi connectivity index (χ1) is 9.42. The van der Waals surface area contributed by atoms with Crippen molar-refractivity contribution in [3.8, 4) is 0 Å². The molecule has 2 unspecified atom stereocenters. The molecule has 1 saturated heterocycles. The van der Waals surface area contributed by atoms with Gasteiger partial charge >= 0.3 is 0 Å². The average Bonchev–Trinajstić information content (AvgIpc) is 2.40. The molecule has 20 heavy (non-hydrogen) atoms. The van der Waals surface area contributed by atoms with E-state index in [1.165, 1.54) is 12.8 Å². The summed E-state index contributed by atoms with van der Waals surface area (Å²) in [6, 6.07) is 1.23. The molecule has 0 aromatic rings. The van der Waals surface area contributed by atoms with Gasteiger partial charge in [0.05, 0.1) is 6.54 Å². The number of nitrogens with one attached hydrogen (secondary N) is 1. The number of likely N-dealkylation sites (N-methyl/N-ethyl adjacent to an activating group) is 1. The monoisotopic (exact) mass is 283 g/mol. The van der Waals surface area contributed by atoms with Gasteiger partial charge in [-0.15, -0.1) is 0 Å². The molecule has 0 aromatic carbocycles. The summed E-state index contributed by atoms with van der Waals surface area (Å²) in [7, 11) is 3.65. The quantitative estimate of drug-likeness (QED) is 0.776. The lowest BCUT2D eigenvalue weighted by Crippen LogP contribution is -2.48. The van der Waals surface area contributed by atoms with Gasteiger partial charge in [0.2, 0.25) is 5.91 Å². The van der Waals surface area contributed by atoms with Crippen molar-refractivity contribution in [1.82, 2.24) is 15.1 Å². The number of carbonyl (C=O) groups is 1. The van der Waals surface area contributed by atoms with E-state index in [1.807, 2.05) is 14.1 Å². The minimum atomic E-state index is 0.210. The van der Waals surface area contributed by atoms with Gasteiger partial charge in [0.15, 0.2) is 0 Å². The molecule has 0 spiro atoms. The maximum absolute atomic E-state index is 11.7. The van der Waals surface area contributed by atoms with Crippen LogP contribution in [-0.2, 0) is 4.79 Å². The maximum Gasteiger partial charge on any atom is 0.236 e. The van der Waals surface area contributed by atoms with Crippen LogP contribution in [0.1, 0.15) is 46.5 Å². The third kappa shape index (κ3) is 6.23. The number of likely N-dealkylation sites (tertiary alicyclic amines) is 1. The fourth-order valence-electron chi connectivity index (χ4n) is 2.83. The molecule has 1 heterocycles. The molecule has 0 saturated carbocycles. The highest BCUT2D eigenvalue weighted by Crippen LogP contribution is 2.14. The maximum atomic E-state index is 11.7. The third-order valence-corrected chi connectivity index (χ3v) is 4.42. The second kappa shape index (κ2) is 8.63. The minimum absolute atomic E-state index is 0.210. The lowest BCUT2D eigenvalue weighted by Gasteiger charge is -2.34. The van der Waals surface area contributed by atoms with Gasteiger partial charge in [0, 0.05) is 39.3 Å². The average molecular weight is 283 g/mol. The summed E-state index contributed by atoms with van der Waals surface area (Å²) in [5.41, 5.74) is 0. The molecule has 0 aromatic heterocycles. The Morgan fingerprint density at radius 2 is 1.90 bits per heavy atom. The predicted molar refractivity (Wildman–Crippen MR) is 84.8 cm³/mol. The van der Waals surface area contributed by atoms with Crippen molar-refractivity contribution in [2.75, 3.05) is 33.7 Å². The summed E-state index contributed by atoms with van der Waals surface area (Å²) in [6.45, 7) is 9.53. The molecule has 1 amide bonds. The van der Waals surface area contributed by atoms with Crippen LogP contribution in [0.15, 0.2) is 0 Å². The van der Waals surface area contributed by atoms with E-state index < -0.39 is 0 Å². The number of carbonyl (C=O) groups excluding carboxylic acids is 1. The topological polar surface area (TPSA) is 35.6 Å². The van der Waals surface area contributed by atoms with Crippen molar-refractivity contribution in [2.24, 2.45) is 5.92 Å². The molecule has 1 fully saturated rings. The van der Waals surface area contributed by atoms with Gasteiger partial charge in [-0.25, -0.2) is 0 Å². The van der Waals surface area contributed by atoms with Crippen LogP contribution in [0.3, 0.4) is 0 Å². The summed E-state index contributed by atoms with van der Waals surface area (Å²) in [6.07, 6.45) is 4.84. The number of amides is 1. The fraction of sp³-hybridized carbons (Fsp3) is 0.938. The Labute approximate surface area is 124 Å². The molecule has 1 N–H and O–H groups in total. The van der Waals surface area contributed by atoms with Gasteiger partial charge in [0.25, 0.3) is 0 Å². The van der Waals surface area contributed by atoms with Crippen LogP contribution in [-0.4, -0.2) is 61.5 Å². The Hall–Kier alpha value is -0.610. The highest BCUT2D eigenvalue weighted by molar-refractivity contribution is 5.77. The Bertz CT molecular complexity index is 285. The molecule has 1 rings (SSSR count). The van der Waals surface area contributed by atoms with Gasteiger partial charge in [-0.3, -0.25) is 9.69 Å². The summed E-state index contributed by atoms with van der Waals surface area (Å²) in [4.78, 5) is 15.7. The molecule has 4 heteroatoms. The van der Waals surface area contributed by atoms with E-state index in [0.29, 0.717) is 18.6 Å². The summed E-state index contributed by atoms with van der Waals surface area (Å²) in [5.74, 6) is 1.01. The van der Waals surface area contributed by atoms with Crippen LogP contribution >= 0.6 is 0 Å². The standard InChI is InChI=1S/C16H33N3O/c1-6-13(2)11-14(3)17-15-7-9-19(10-8-15)12-16(20)18(4)5/h13-15,17H,6-12H2,1-5H3. The summed E-state index contributed by atoms with van der Waals surface area (Å²) in [5, 5.41) is 3.76. The number of hydrogen-bond donors (Lipinski definition) is 1. The van der Waals surface area contributed by atoms with E-state index in [1.54, 1.807) is 4.90 Å². The zero-order valence-corrected chi connectivity index (χ0v) is 14.0. The first-order valence-corrected chi connectivity index (χ1v) is 8.10. The zero-order valence-electron chi connectivity index (χ0n) is 14.0. The van der Waals surface area contributed by atoms with Crippen molar-refractivity contribution < 1.29 is 4.79 Å². The smallest absolute Gasteiger partial charge is 0.236 e. The minimum Gasteiger partial charge on any atom is -0.348 e. The number of hydrogen-bond acceptors (Lipinski definition) is 3. The molecule has 0 bridgehead atoms. The van der Waals surface area contributed by atoms with Crippen molar-refractivity contribution in [3.63, 3.8) is 0 Å². The second-order valence-electron chi connectivity index (χ2n) is 6.66. The molecule has 2 atom stereocenters. The van der Waals surface area contributed by atoms with Gasteiger partial charge < -0.3 is 10.2 Å². The first kappa shape index (κ1) is 17.4. The largest absolute Gasteiger partial charge is 0.348 e. The van der Waals surface area contributed by atoms with Crippen molar-refractivity contribution in [2.45, 2.75) is 58.5 Å². The van der Waals surface area contributed by atoms with E-state index in [2.05, 4.69) is 31.0 Å². The predicted octanol–water partition coefficient (Wildman–Crippen LogP) is 1.95. The van der Waals surface area contributed by atoms with E-state index in [9.17, 15) is 4.79 Å². The van der Waals surface area contributed by atoms with E-state index in [4.69, 9.17) is 0 Å². The third-order valence-electron chi connectivity index (χ3n) is 4.42. The van der Waals surface area contributed by atoms with Crippen molar-refractivity contribution in [1.29, 1.82) is 0 Å². The summed E-state index contributed by atoms with van der Waals surface area (Å²) < 4.78 is 0. The molecule has 118 valence electrons. The van der Waals surface area contributed by atoms with E-state index in [0.717, 1.165) is 31.8 Å². The highest BCUT2D eigenvalue weighted by Gasteiger charge is 2.22. The molecule has 0 aliphatic carbocycles. The fourth-order valence-corrected chi connectivity index (χ4v) is 2.83. The summed E-state index contributed by atoms with van der Waals surface area (Å²) >= 11 is 0. The number of piperidine rings is 1. The molecule has 4 nitrogen and oxygen atoms in total. The Kier molecular flexibility index (Phi) is 7.52. The van der Waals surface area contributed by atoms with Crippen molar-refractivity contribution >= 4 is 5.91 Å². The number of rotatable bonds is 7. The molecular formula is C16H33N3O. The van der Waals surface area contributed by atoms with Crippen LogP contribution in [0.5, 0.6) is 0 Å². The molecule has 1 aliphatic rings.